The Balaban J connectivity index is 1.92. The number of nitrogens with one attached hydrogen (secondary N) is 2. The normalized spacial score (nSPS) is 11.2. The summed E-state index contributed by atoms with van der Waals surface area (Å²) in [4.78, 5) is 7.32. The van der Waals surface area contributed by atoms with E-state index in [1.807, 2.05) is 13.1 Å². The maximum absolute atomic E-state index is 5.50. The van der Waals surface area contributed by atoms with Crippen molar-refractivity contribution in [1.82, 2.24) is 15.3 Å². The first-order chi connectivity index (χ1) is 7.68. The molecule has 1 rings (SSSR count). The minimum atomic E-state index is 0.723. The lowest BCUT2D eigenvalue weighted by molar-refractivity contribution is 0.125. The summed E-state index contributed by atoms with van der Waals surface area (Å²) in [6.45, 7) is 9.73. The monoisotopic (exact) mass is 225 g/mol. The van der Waals surface area contributed by atoms with Crippen molar-refractivity contribution in [2.45, 2.75) is 33.7 Å². The van der Waals surface area contributed by atoms with E-state index in [0.717, 1.165) is 50.2 Å². The third-order valence-corrected chi connectivity index (χ3v) is 2.33. The molecular weight excluding hydrogens is 202 g/mol. The Morgan fingerprint density at radius 2 is 2.25 bits per heavy atom. The average Bonchev–Trinajstić information content (AvgIpc) is 2.62. The molecular formula is C12H23N3O. The lowest BCUT2D eigenvalue weighted by Gasteiger charge is -2.06. The first kappa shape index (κ1) is 13.2. The van der Waals surface area contributed by atoms with E-state index in [1.165, 1.54) is 0 Å². The SMILES string of the molecule is Cc1ncc(CNCCOCCC(C)C)[nH]1. The number of ether oxygens (including phenoxy) is 1. The fourth-order valence-electron chi connectivity index (χ4n) is 1.35. The Hall–Kier alpha value is -0.870. The van der Waals surface area contributed by atoms with Crippen LogP contribution in [0.5, 0.6) is 0 Å². The van der Waals surface area contributed by atoms with Crippen LogP contribution >= 0.6 is 0 Å². The van der Waals surface area contributed by atoms with Gasteiger partial charge in [0.2, 0.25) is 0 Å². The lowest BCUT2D eigenvalue weighted by atomic mass is 10.1. The Labute approximate surface area is 97.8 Å². The minimum absolute atomic E-state index is 0.723. The minimum Gasteiger partial charge on any atom is -0.380 e. The first-order valence-corrected chi connectivity index (χ1v) is 5.97. The second kappa shape index (κ2) is 7.41. The molecule has 4 nitrogen and oxygen atoms in total. The third-order valence-electron chi connectivity index (χ3n) is 2.33. The van der Waals surface area contributed by atoms with Crippen molar-refractivity contribution in [2.24, 2.45) is 5.92 Å². The lowest BCUT2D eigenvalue weighted by Crippen LogP contribution is -2.19. The molecule has 0 unspecified atom stereocenters. The fourth-order valence-corrected chi connectivity index (χ4v) is 1.35. The molecule has 0 aliphatic rings. The van der Waals surface area contributed by atoms with Gasteiger partial charge in [0, 0.05) is 31.6 Å². The van der Waals surface area contributed by atoms with Gasteiger partial charge in [-0.2, -0.15) is 0 Å². The van der Waals surface area contributed by atoms with Crippen LogP contribution in [-0.2, 0) is 11.3 Å². The van der Waals surface area contributed by atoms with Gasteiger partial charge in [-0.3, -0.25) is 0 Å². The van der Waals surface area contributed by atoms with Crippen molar-refractivity contribution in [3.63, 3.8) is 0 Å². The highest BCUT2D eigenvalue weighted by Gasteiger charge is 1.96. The van der Waals surface area contributed by atoms with Crippen LogP contribution in [0.3, 0.4) is 0 Å². The van der Waals surface area contributed by atoms with E-state index < -0.39 is 0 Å². The second-order valence-electron chi connectivity index (χ2n) is 4.47. The molecule has 1 aromatic rings. The molecule has 1 heterocycles. The third kappa shape index (κ3) is 5.88. The average molecular weight is 225 g/mol. The van der Waals surface area contributed by atoms with Crippen molar-refractivity contribution >= 4 is 0 Å². The Morgan fingerprint density at radius 3 is 2.88 bits per heavy atom. The predicted octanol–water partition coefficient (Wildman–Crippen LogP) is 1.87. The number of hydrogen-bond acceptors (Lipinski definition) is 3. The zero-order valence-electron chi connectivity index (χ0n) is 10.5. The van der Waals surface area contributed by atoms with Crippen LogP contribution in [0.15, 0.2) is 6.20 Å². The zero-order valence-corrected chi connectivity index (χ0v) is 10.5. The first-order valence-electron chi connectivity index (χ1n) is 5.97. The van der Waals surface area contributed by atoms with Crippen molar-refractivity contribution in [1.29, 1.82) is 0 Å². The highest BCUT2D eigenvalue weighted by molar-refractivity contribution is 4.98. The summed E-state index contributed by atoms with van der Waals surface area (Å²) in [5, 5.41) is 3.31. The molecule has 92 valence electrons. The molecule has 0 bridgehead atoms. The summed E-state index contributed by atoms with van der Waals surface area (Å²) in [7, 11) is 0. The molecule has 0 amide bonds. The van der Waals surface area contributed by atoms with Crippen LogP contribution in [-0.4, -0.2) is 29.7 Å². The van der Waals surface area contributed by atoms with Crippen LogP contribution in [0.4, 0.5) is 0 Å². The van der Waals surface area contributed by atoms with Crippen LogP contribution in [0, 0.1) is 12.8 Å². The molecule has 16 heavy (non-hydrogen) atoms. The number of aromatic nitrogens is 2. The number of rotatable bonds is 8. The van der Waals surface area contributed by atoms with Crippen LogP contribution < -0.4 is 5.32 Å². The van der Waals surface area contributed by atoms with E-state index in [-0.39, 0.29) is 0 Å². The number of aromatic amines is 1. The van der Waals surface area contributed by atoms with E-state index in [9.17, 15) is 0 Å². The van der Waals surface area contributed by atoms with Gasteiger partial charge in [-0.25, -0.2) is 4.98 Å². The molecule has 0 radical (unpaired) electrons. The summed E-state index contributed by atoms with van der Waals surface area (Å²) in [5.41, 5.74) is 1.12. The maximum atomic E-state index is 5.50. The predicted molar refractivity (Wildman–Crippen MR) is 65.3 cm³/mol. The number of imidazole rings is 1. The standard InChI is InChI=1S/C12H23N3O/c1-10(2)4-6-16-7-5-13-8-12-9-14-11(3)15-12/h9-10,13H,4-8H2,1-3H3,(H,14,15). The van der Waals surface area contributed by atoms with E-state index in [2.05, 4.69) is 29.1 Å². The van der Waals surface area contributed by atoms with Gasteiger partial charge in [0.05, 0.1) is 6.61 Å². The van der Waals surface area contributed by atoms with Crippen molar-refractivity contribution in [3.8, 4) is 0 Å². The fraction of sp³-hybridized carbons (Fsp3) is 0.750. The van der Waals surface area contributed by atoms with Gasteiger partial charge in [-0.15, -0.1) is 0 Å². The molecule has 0 aliphatic carbocycles. The van der Waals surface area contributed by atoms with Crippen LogP contribution in [0.1, 0.15) is 31.8 Å². The highest BCUT2D eigenvalue weighted by Crippen LogP contribution is 1.98. The van der Waals surface area contributed by atoms with Crippen LogP contribution in [0.2, 0.25) is 0 Å². The quantitative estimate of drug-likeness (QED) is 0.664. The number of aryl methyl sites for hydroxylation is 1. The molecule has 0 saturated heterocycles. The van der Waals surface area contributed by atoms with Gasteiger partial charge >= 0.3 is 0 Å². The van der Waals surface area contributed by atoms with E-state index in [0.29, 0.717) is 0 Å². The van der Waals surface area contributed by atoms with Crippen molar-refractivity contribution in [2.75, 3.05) is 19.8 Å². The summed E-state index contributed by atoms with van der Waals surface area (Å²) in [6, 6.07) is 0. The van der Waals surface area contributed by atoms with E-state index in [4.69, 9.17) is 4.74 Å². The molecule has 0 atom stereocenters. The smallest absolute Gasteiger partial charge is 0.103 e. The highest BCUT2D eigenvalue weighted by atomic mass is 16.5. The Kier molecular flexibility index (Phi) is 6.11. The molecule has 2 N–H and O–H groups in total. The molecule has 0 fully saturated rings. The molecule has 1 aromatic heterocycles. The van der Waals surface area contributed by atoms with Gasteiger partial charge in [0.25, 0.3) is 0 Å². The second-order valence-corrected chi connectivity index (χ2v) is 4.47. The van der Waals surface area contributed by atoms with Gasteiger partial charge in [0.1, 0.15) is 5.82 Å². The summed E-state index contributed by atoms with van der Waals surface area (Å²) >= 11 is 0. The summed E-state index contributed by atoms with van der Waals surface area (Å²) in [5.74, 6) is 1.69. The topological polar surface area (TPSA) is 49.9 Å². The van der Waals surface area contributed by atoms with Gasteiger partial charge in [-0.1, -0.05) is 13.8 Å². The molecule has 0 aromatic carbocycles. The molecule has 0 aliphatic heterocycles. The van der Waals surface area contributed by atoms with Gasteiger partial charge in [-0.05, 0) is 19.3 Å². The Bertz CT molecular complexity index is 284. The zero-order chi connectivity index (χ0) is 11.8. The molecule has 0 spiro atoms. The number of hydrogen-bond donors (Lipinski definition) is 2. The summed E-state index contributed by atoms with van der Waals surface area (Å²) in [6.07, 6.45) is 3.00. The van der Waals surface area contributed by atoms with Gasteiger partial charge in [0.15, 0.2) is 0 Å². The maximum Gasteiger partial charge on any atom is 0.103 e. The molecule has 4 heteroatoms. The summed E-state index contributed by atoms with van der Waals surface area (Å²) < 4.78 is 5.50. The van der Waals surface area contributed by atoms with E-state index >= 15 is 0 Å². The van der Waals surface area contributed by atoms with Gasteiger partial charge < -0.3 is 15.0 Å². The molecule has 0 saturated carbocycles. The van der Waals surface area contributed by atoms with Crippen LogP contribution in [0.25, 0.3) is 0 Å². The van der Waals surface area contributed by atoms with Crippen molar-refractivity contribution < 1.29 is 4.74 Å². The largest absolute Gasteiger partial charge is 0.380 e. The number of H-pyrrole nitrogens is 1. The Morgan fingerprint density at radius 1 is 1.44 bits per heavy atom. The van der Waals surface area contributed by atoms with Crippen molar-refractivity contribution in [3.05, 3.63) is 17.7 Å². The van der Waals surface area contributed by atoms with E-state index in [1.54, 1.807) is 0 Å². The number of nitrogens with zero attached hydrogens (tertiary/aromatic N) is 1.